The van der Waals surface area contributed by atoms with Crippen LogP contribution in [0.3, 0.4) is 0 Å². The lowest BCUT2D eigenvalue weighted by Crippen LogP contribution is -1.94. The number of rotatable bonds is 4. The van der Waals surface area contributed by atoms with Gasteiger partial charge in [0, 0.05) is 5.54 Å². The van der Waals surface area contributed by atoms with Crippen molar-refractivity contribution in [2.75, 3.05) is 6.61 Å². The summed E-state index contributed by atoms with van der Waals surface area (Å²) >= 11 is 5.34. The topological polar surface area (TPSA) is 29.5 Å². The van der Waals surface area contributed by atoms with Crippen LogP contribution in [0.5, 0.6) is 5.75 Å². The van der Waals surface area contributed by atoms with E-state index in [9.17, 15) is 5.11 Å². The molecule has 0 aromatic heterocycles. The zero-order chi connectivity index (χ0) is 10.4. The molecule has 1 unspecified atom stereocenters. The summed E-state index contributed by atoms with van der Waals surface area (Å²) in [6, 6.07) is 7.32. The normalized spacial score (nSPS) is 13.1. The van der Waals surface area contributed by atoms with Crippen LogP contribution < -0.4 is 4.74 Å². The van der Waals surface area contributed by atoms with Gasteiger partial charge in [0.15, 0.2) is 0 Å². The van der Waals surface area contributed by atoms with Crippen molar-refractivity contribution in [2.45, 2.75) is 13.0 Å². The third kappa shape index (κ3) is 3.40. The first-order valence-corrected chi connectivity index (χ1v) is 4.83. The number of halogens is 1. The Morgan fingerprint density at radius 3 is 2.57 bits per heavy atom. The first-order valence-electron chi connectivity index (χ1n) is 4.40. The van der Waals surface area contributed by atoms with E-state index in [4.69, 9.17) is 16.3 Å². The van der Waals surface area contributed by atoms with E-state index in [2.05, 4.69) is 0 Å². The molecular weight excluding hydrogens is 200 g/mol. The molecule has 0 aliphatic heterocycles. The molecule has 14 heavy (non-hydrogen) atoms. The van der Waals surface area contributed by atoms with Gasteiger partial charge >= 0.3 is 0 Å². The van der Waals surface area contributed by atoms with Crippen LogP contribution in [0.2, 0.25) is 0 Å². The Morgan fingerprint density at radius 1 is 1.43 bits per heavy atom. The van der Waals surface area contributed by atoms with Crippen LogP contribution in [-0.2, 0) is 0 Å². The van der Waals surface area contributed by atoms with Gasteiger partial charge in [-0.3, -0.25) is 0 Å². The van der Waals surface area contributed by atoms with Gasteiger partial charge in [0.1, 0.15) is 12.4 Å². The van der Waals surface area contributed by atoms with Crippen LogP contribution in [0.1, 0.15) is 18.6 Å². The summed E-state index contributed by atoms with van der Waals surface area (Å²) in [6.07, 6.45) is 1.27. The number of benzene rings is 1. The highest BCUT2D eigenvalue weighted by Gasteiger charge is 1.99. The molecule has 0 radical (unpaired) electrons. The quantitative estimate of drug-likeness (QED) is 0.832. The number of hydrogen-bond acceptors (Lipinski definition) is 2. The Kier molecular flexibility index (Phi) is 4.50. The van der Waals surface area contributed by atoms with Crippen LogP contribution in [0, 0.1) is 0 Å². The second-order valence-corrected chi connectivity index (χ2v) is 3.17. The van der Waals surface area contributed by atoms with Gasteiger partial charge in [-0.2, -0.15) is 0 Å². The van der Waals surface area contributed by atoms with Crippen molar-refractivity contribution in [3.8, 4) is 5.75 Å². The molecule has 1 atom stereocenters. The smallest absolute Gasteiger partial charge is 0.119 e. The highest BCUT2D eigenvalue weighted by Crippen LogP contribution is 2.17. The van der Waals surface area contributed by atoms with E-state index in [-0.39, 0.29) is 0 Å². The summed E-state index contributed by atoms with van der Waals surface area (Å²) in [5, 5.41) is 9.26. The summed E-state index contributed by atoms with van der Waals surface area (Å²) < 4.78 is 5.33. The van der Waals surface area contributed by atoms with Gasteiger partial charge in [-0.1, -0.05) is 23.7 Å². The van der Waals surface area contributed by atoms with E-state index in [1.165, 1.54) is 5.54 Å². The van der Waals surface area contributed by atoms with Gasteiger partial charge < -0.3 is 9.84 Å². The molecule has 0 aliphatic rings. The van der Waals surface area contributed by atoms with Crippen LogP contribution >= 0.6 is 11.6 Å². The predicted octanol–water partition coefficient (Wildman–Crippen LogP) is 2.87. The van der Waals surface area contributed by atoms with Crippen LogP contribution in [-0.4, -0.2) is 11.7 Å². The molecule has 0 heterocycles. The molecule has 1 rings (SSSR count). The minimum atomic E-state index is -0.438. The van der Waals surface area contributed by atoms with Crippen LogP contribution in [0.4, 0.5) is 0 Å². The zero-order valence-electron chi connectivity index (χ0n) is 7.98. The van der Waals surface area contributed by atoms with Crippen LogP contribution in [0.25, 0.3) is 0 Å². The van der Waals surface area contributed by atoms with Crippen LogP contribution in [0.15, 0.2) is 35.9 Å². The molecule has 0 fully saturated rings. The minimum Gasteiger partial charge on any atom is -0.490 e. The van der Waals surface area contributed by atoms with E-state index >= 15 is 0 Å². The monoisotopic (exact) mass is 212 g/mol. The lowest BCUT2D eigenvalue weighted by atomic mass is 10.1. The Hall–Kier alpha value is -0.990. The predicted molar refractivity (Wildman–Crippen MR) is 57.6 cm³/mol. The van der Waals surface area contributed by atoms with Crippen molar-refractivity contribution in [3.05, 3.63) is 41.4 Å². The van der Waals surface area contributed by atoms with Gasteiger partial charge in [0.2, 0.25) is 0 Å². The van der Waals surface area contributed by atoms with Gasteiger partial charge in [0.05, 0.1) is 6.10 Å². The maximum Gasteiger partial charge on any atom is 0.119 e. The summed E-state index contributed by atoms with van der Waals surface area (Å²) in [5.41, 5.74) is 2.30. The van der Waals surface area contributed by atoms with Gasteiger partial charge in [-0.15, -0.1) is 0 Å². The summed E-state index contributed by atoms with van der Waals surface area (Å²) in [5.74, 6) is 0.768. The molecule has 0 spiro atoms. The molecule has 76 valence electrons. The molecule has 0 saturated carbocycles. The Morgan fingerprint density at radius 2 is 2.07 bits per heavy atom. The number of hydrogen-bond donors (Lipinski definition) is 1. The van der Waals surface area contributed by atoms with E-state index in [1.807, 2.05) is 24.3 Å². The van der Waals surface area contributed by atoms with Gasteiger partial charge in [0.25, 0.3) is 0 Å². The molecule has 0 bridgehead atoms. The Balaban J connectivity index is 2.55. The molecule has 2 nitrogen and oxygen atoms in total. The zero-order valence-corrected chi connectivity index (χ0v) is 8.74. The molecule has 1 aromatic rings. The highest BCUT2D eigenvalue weighted by molar-refractivity contribution is 6.25. The summed E-state index contributed by atoms with van der Waals surface area (Å²) in [7, 11) is 0. The average Bonchev–Trinajstić information content (AvgIpc) is 2.19. The van der Waals surface area contributed by atoms with E-state index in [0.717, 1.165) is 11.3 Å². The molecule has 1 aromatic carbocycles. The molecule has 0 saturated heterocycles. The molecule has 3 heteroatoms. The Bertz CT molecular complexity index is 291. The number of aliphatic hydroxyl groups excluding tert-OH is 1. The second-order valence-electron chi connectivity index (χ2n) is 2.92. The lowest BCUT2D eigenvalue weighted by Gasteiger charge is -2.06. The first-order chi connectivity index (χ1) is 6.74. The van der Waals surface area contributed by atoms with E-state index in [1.54, 1.807) is 13.0 Å². The van der Waals surface area contributed by atoms with Gasteiger partial charge in [-0.05, 0) is 30.7 Å². The highest BCUT2D eigenvalue weighted by atomic mass is 35.5. The Labute approximate surface area is 88.8 Å². The summed E-state index contributed by atoms with van der Waals surface area (Å²) in [6.45, 7) is 2.18. The molecule has 0 aliphatic carbocycles. The fourth-order valence-electron chi connectivity index (χ4n) is 1.02. The largest absolute Gasteiger partial charge is 0.490 e. The SMILES string of the molecule is CC(O)c1ccc(OC/C=C/Cl)cc1. The van der Waals surface area contributed by atoms with Crippen molar-refractivity contribution in [3.63, 3.8) is 0 Å². The van der Waals surface area contributed by atoms with Crippen molar-refractivity contribution >= 4 is 11.6 Å². The molecule has 0 amide bonds. The fraction of sp³-hybridized carbons (Fsp3) is 0.273. The molecular formula is C11H13ClO2. The second kappa shape index (κ2) is 5.68. The average molecular weight is 213 g/mol. The third-order valence-corrected chi connectivity index (χ3v) is 1.98. The maximum atomic E-state index is 9.26. The fourth-order valence-corrected chi connectivity index (χ4v) is 1.10. The first kappa shape index (κ1) is 11.1. The number of aliphatic hydroxyl groups is 1. The van der Waals surface area contributed by atoms with Crippen molar-refractivity contribution in [2.24, 2.45) is 0 Å². The van der Waals surface area contributed by atoms with E-state index < -0.39 is 6.10 Å². The minimum absolute atomic E-state index is 0.438. The van der Waals surface area contributed by atoms with Crippen molar-refractivity contribution in [1.82, 2.24) is 0 Å². The summed E-state index contributed by atoms with van der Waals surface area (Å²) in [4.78, 5) is 0. The standard InChI is InChI=1S/C11H13ClO2/c1-9(13)10-3-5-11(6-4-10)14-8-2-7-12/h2-7,9,13H,8H2,1H3/b7-2+. The van der Waals surface area contributed by atoms with Crippen molar-refractivity contribution < 1.29 is 9.84 Å². The van der Waals surface area contributed by atoms with Crippen molar-refractivity contribution in [1.29, 1.82) is 0 Å². The number of ether oxygens (including phenoxy) is 1. The van der Waals surface area contributed by atoms with E-state index in [0.29, 0.717) is 6.61 Å². The molecule has 1 N–H and O–H groups in total. The lowest BCUT2D eigenvalue weighted by molar-refractivity contribution is 0.199. The maximum absolute atomic E-state index is 9.26. The van der Waals surface area contributed by atoms with Gasteiger partial charge in [-0.25, -0.2) is 0 Å². The third-order valence-electron chi connectivity index (χ3n) is 1.80.